The van der Waals surface area contributed by atoms with Crippen LogP contribution in [0.2, 0.25) is 0 Å². The lowest BCUT2D eigenvalue weighted by atomic mass is 10.0. The highest BCUT2D eigenvalue weighted by Gasteiger charge is 2.16. The quantitative estimate of drug-likeness (QED) is 0.367. The van der Waals surface area contributed by atoms with Crippen molar-refractivity contribution in [2.45, 2.75) is 20.8 Å². The fourth-order valence-corrected chi connectivity index (χ4v) is 2.85. The maximum absolute atomic E-state index is 12.5. The van der Waals surface area contributed by atoms with Crippen LogP contribution in [0.15, 0.2) is 29.8 Å². The van der Waals surface area contributed by atoms with Gasteiger partial charge in [-0.15, -0.1) is 0 Å². The molecule has 0 unspecified atom stereocenters. The van der Waals surface area contributed by atoms with Crippen molar-refractivity contribution in [2.24, 2.45) is 0 Å². The average Bonchev–Trinajstić information content (AvgIpc) is 2.63. The number of aryl methyl sites for hydroxylation is 3. The largest absolute Gasteiger partial charge is 0.865 e. The van der Waals surface area contributed by atoms with Crippen molar-refractivity contribution < 1.29 is 19.6 Å². The summed E-state index contributed by atoms with van der Waals surface area (Å²) >= 11 is 0. The Morgan fingerprint density at radius 3 is 2.32 bits per heavy atom. The van der Waals surface area contributed by atoms with Crippen LogP contribution in [0.25, 0.3) is 6.08 Å². The third-order valence-electron chi connectivity index (χ3n) is 4.07. The molecule has 0 aliphatic carbocycles. The van der Waals surface area contributed by atoms with Gasteiger partial charge in [0, 0.05) is 17.5 Å². The Bertz CT molecular complexity index is 1010. The smallest absolute Gasteiger partial charge is 0.266 e. The highest BCUT2D eigenvalue weighted by atomic mass is 16.6. The molecule has 0 fully saturated rings. The van der Waals surface area contributed by atoms with Gasteiger partial charge in [-0.3, -0.25) is 14.9 Å². The Balaban J connectivity index is 2.44. The van der Waals surface area contributed by atoms with Gasteiger partial charge in [-0.1, -0.05) is 17.7 Å². The number of nitro benzene ring substituents is 1. The molecule has 8 heteroatoms. The molecule has 1 N–H and O–H groups in total. The van der Waals surface area contributed by atoms with Gasteiger partial charge in [-0.2, -0.15) is 5.26 Å². The van der Waals surface area contributed by atoms with Crippen molar-refractivity contribution in [3.63, 3.8) is 0 Å². The Morgan fingerprint density at radius 1 is 1.21 bits per heavy atom. The standard InChI is InChI=1S/C20H19N3O5/c1-11-5-12(2)18(13(3)6-11)22-20(25)15(10-21)7-14-8-16(23(26)27)19(24)17(9-14)28-4/h5-9,24H,1-4H3,(H,22,25)/p-1/b15-7+. The van der Waals surface area contributed by atoms with E-state index in [1.54, 1.807) is 6.07 Å². The SMILES string of the molecule is COc1cc(/C=C(\C#N)C(=O)Nc2c(C)cc(C)cc2C)cc([N+](=O)[O-])c1[O-]. The Hall–Kier alpha value is -3.86. The van der Waals surface area contributed by atoms with E-state index in [4.69, 9.17) is 4.74 Å². The average molecular weight is 380 g/mol. The topological polar surface area (TPSA) is 128 Å². The van der Waals surface area contributed by atoms with E-state index in [1.807, 2.05) is 32.9 Å². The second-order valence-corrected chi connectivity index (χ2v) is 6.23. The van der Waals surface area contributed by atoms with Gasteiger partial charge in [0.15, 0.2) is 0 Å². The second kappa shape index (κ2) is 8.22. The zero-order valence-corrected chi connectivity index (χ0v) is 15.8. The molecule has 0 spiro atoms. The van der Waals surface area contributed by atoms with Crippen LogP contribution in [0.3, 0.4) is 0 Å². The molecule has 2 rings (SSSR count). The van der Waals surface area contributed by atoms with E-state index < -0.39 is 22.3 Å². The number of methoxy groups -OCH3 is 1. The number of nitro groups is 1. The number of benzene rings is 2. The van der Waals surface area contributed by atoms with Crippen molar-refractivity contribution in [3.05, 3.63) is 62.2 Å². The molecule has 0 radical (unpaired) electrons. The summed E-state index contributed by atoms with van der Waals surface area (Å²) < 4.78 is 4.86. The predicted molar refractivity (Wildman–Crippen MR) is 102 cm³/mol. The number of ether oxygens (including phenoxy) is 1. The summed E-state index contributed by atoms with van der Waals surface area (Å²) in [7, 11) is 1.20. The monoisotopic (exact) mass is 380 g/mol. The number of nitrogens with zero attached hydrogens (tertiary/aromatic N) is 2. The molecule has 1 amide bonds. The molecule has 8 nitrogen and oxygen atoms in total. The van der Waals surface area contributed by atoms with Crippen molar-refractivity contribution in [3.8, 4) is 17.6 Å². The summed E-state index contributed by atoms with van der Waals surface area (Å²) in [5.74, 6) is -1.78. The van der Waals surface area contributed by atoms with Crippen LogP contribution < -0.4 is 15.2 Å². The van der Waals surface area contributed by atoms with Crippen molar-refractivity contribution in [1.29, 1.82) is 5.26 Å². The highest BCUT2D eigenvalue weighted by Crippen LogP contribution is 2.35. The number of anilines is 1. The number of nitriles is 1. The summed E-state index contributed by atoms with van der Waals surface area (Å²) in [6.07, 6.45) is 1.17. The minimum absolute atomic E-state index is 0.132. The second-order valence-electron chi connectivity index (χ2n) is 6.23. The number of hydrogen-bond donors (Lipinski definition) is 1. The van der Waals surface area contributed by atoms with E-state index >= 15 is 0 Å². The molecule has 0 bridgehead atoms. The first-order valence-electron chi connectivity index (χ1n) is 8.22. The molecule has 0 aliphatic heterocycles. The first-order chi connectivity index (χ1) is 13.2. The first kappa shape index (κ1) is 20.5. The van der Waals surface area contributed by atoms with Gasteiger partial charge in [0.2, 0.25) is 0 Å². The molecule has 0 heterocycles. The normalized spacial score (nSPS) is 10.9. The molecule has 0 aliphatic rings. The number of hydrogen-bond acceptors (Lipinski definition) is 6. The van der Waals surface area contributed by atoms with Crippen molar-refractivity contribution >= 4 is 23.4 Å². The lowest BCUT2D eigenvalue weighted by Crippen LogP contribution is -2.15. The van der Waals surface area contributed by atoms with E-state index in [9.17, 15) is 25.3 Å². The molecule has 144 valence electrons. The van der Waals surface area contributed by atoms with Gasteiger partial charge in [-0.05, 0) is 49.6 Å². The summed E-state index contributed by atoms with van der Waals surface area (Å²) in [6, 6.07) is 7.82. The lowest BCUT2D eigenvalue weighted by molar-refractivity contribution is -0.398. The van der Waals surface area contributed by atoms with E-state index in [0.29, 0.717) is 5.69 Å². The Morgan fingerprint density at radius 2 is 1.82 bits per heavy atom. The van der Waals surface area contributed by atoms with Crippen LogP contribution in [0.5, 0.6) is 11.5 Å². The number of carbonyl (C=O) groups is 1. The zero-order chi connectivity index (χ0) is 21.0. The summed E-state index contributed by atoms with van der Waals surface area (Å²) in [5, 5.41) is 35.0. The molecule has 0 aromatic heterocycles. The molecule has 28 heavy (non-hydrogen) atoms. The molecular formula is C20H18N3O5-. The Labute approximate surface area is 161 Å². The van der Waals surface area contributed by atoms with Gasteiger partial charge in [0.1, 0.15) is 17.4 Å². The van der Waals surface area contributed by atoms with Gasteiger partial charge < -0.3 is 15.2 Å². The molecule has 0 saturated heterocycles. The van der Waals surface area contributed by atoms with Gasteiger partial charge in [0.05, 0.1) is 12.0 Å². The zero-order valence-electron chi connectivity index (χ0n) is 15.8. The fraction of sp³-hybridized carbons (Fsp3) is 0.200. The molecule has 0 atom stereocenters. The summed E-state index contributed by atoms with van der Waals surface area (Å²) in [6.45, 7) is 5.62. The van der Waals surface area contributed by atoms with Crippen molar-refractivity contribution in [2.75, 3.05) is 12.4 Å². The van der Waals surface area contributed by atoms with Crippen LogP contribution >= 0.6 is 0 Å². The lowest BCUT2D eigenvalue weighted by Gasteiger charge is -2.14. The van der Waals surface area contributed by atoms with Crippen LogP contribution in [0.4, 0.5) is 11.4 Å². The summed E-state index contributed by atoms with van der Waals surface area (Å²) in [4.78, 5) is 22.8. The fourth-order valence-electron chi connectivity index (χ4n) is 2.85. The number of rotatable bonds is 5. The van der Waals surface area contributed by atoms with Crippen LogP contribution in [0, 0.1) is 42.2 Å². The molecule has 0 saturated carbocycles. The first-order valence-corrected chi connectivity index (χ1v) is 8.22. The van der Waals surface area contributed by atoms with Crippen LogP contribution in [0.1, 0.15) is 22.3 Å². The van der Waals surface area contributed by atoms with E-state index in [-0.39, 0.29) is 16.9 Å². The predicted octanol–water partition coefficient (Wildman–Crippen LogP) is 3.15. The molecule has 2 aromatic carbocycles. The molecular weight excluding hydrogens is 362 g/mol. The van der Waals surface area contributed by atoms with Crippen LogP contribution in [-0.4, -0.2) is 17.9 Å². The maximum Gasteiger partial charge on any atom is 0.266 e. The third-order valence-corrected chi connectivity index (χ3v) is 4.07. The molecule has 2 aromatic rings. The van der Waals surface area contributed by atoms with Gasteiger partial charge >= 0.3 is 0 Å². The highest BCUT2D eigenvalue weighted by molar-refractivity contribution is 6.10. The summed E-state index contributed by atoms with van der Waals surface area (Å²) in [5.41, 5.74) is 2.48. The van der Waals surface area contributed by atoms with E-state index in [0.717, 1.165) is 22.8 Å². The number of carbonyl (C=O) groups excluding carboxylic acids is 1. The Kier molecular flexibility index (Phi) is 6.01. The van der Waals surface area contributed by atoms with E-state index in [2.05, 4.69) is 5.32 Å². The number of amides is 1. The maximum atomic E-state index is 12.5. The van der Waals surface area contributed by atoms with Gasteiger partial charge in [0.25, 0.3) is 11.6 Å². The third kappa shape index (κ3) is 4.27. The number of nitrogens with one attached hydrogen (secondary N) is 1. The van der Waals surface area contributed by atoms with Crippen molar-refractivity contribution in [1.82, 2.24) is 0 Å². The van der Waals surface area contributed by atoms with Gasteiger partial charge in [-0.25, -0.2) is 0 Å². The minimum atomic E-state index is -0.876. The van der Waals surface area contributed by atoms with E-state index in [1.165, 1.54) is 19.3 Å². The van der Waals surface area contributed by atoms with Crippen LogP contribution in [-0.2, 0) is 4.79 Å². The minimum Gasteiger partial charge on any atom is -0.865 e.